The van der Waals surface area contributed by atoms with Gasteiger partial charge >= 0.3 is 0 Å². The van der Waals surface area contributed by atoms with Gasteiger partial charge in [-0.2, -0.15) is 0 Å². The first kappa shape index (κ1) is 6.75. The molecule has 8 heavy (non-hydrogen) atoms. The van der Waals surface area contributed by atoms with Gasteiger partial charge in [-0.15, -0.1) is 0 Å². The second kappa shape index (κ2) is 2.85. The van der Waals surface area contributed by atoms with Crippen molar-refractivity contribution in [3.63, 3.8) is 0 Å². The number of hydrogen-bond donors (Lipinski definition) is 1. The fourth-order valence-electron chi connectivity index (χ4n) is 0.195. The minimum absolute atomic E-state index is 0.306. The topological polar surface area (TPSA) is 66.2 Å². The van der Waals surface area contributed by atoms with E-state index in [0.29, 0.717) is 0 Å². The average Bonchev–Trinajstić information content (AvgIpc) is 1.67. The van der Waals surface area contributed by atoms with Gasteiger partial charge in [0.2, 0.25) is 0 Å². The Morgan fingerprint density at radius 3 is 2.38 bits per heavy atom. The third-order valence-corrected chi connectivity index (χ3v) is 0.533. The molecule has 0 aromatic carbocycles. The van der Waals surface area contributed by atoms with Crippen LogP contribution in [0.15, 0.2) is 24.4 Å². The van der Waals surface area contributed by atoms with Crippen molar-refractivity contribution < 1.29 is 9.90 Å². The van der Waals surface area contributed by atoms with Crippen molar-refractivity contribution in [2.75, 3.05) is 0 Å². The normalized spacial score (nSPS) is 10.8. The van der Waals surface area contributed by atoms with E-state index < -0.39 is 5.97 Å². The van der Waals surface area contributed by atoms with Gasteiger partial charge in [0.15, 0.2) is 0 Å². The van der Waals surface area contributed by atoms with Crippen LogP contribution in [-0.4, -0.2) is 5.97 Å². The third-order valence-electron chi connectivity index (χ3n) is 0.533. The van der Waals surface area contributed by atoms with Crippen LogP contribution in [0.4, 0.5) is 0 Å². The van der Waals surface area contributed by atoms with Gasteiger partial charge in [-0.3, -0.25) is 0 Å². The summed E-state index contributed by atoms with van der Waals surface area (Å²) in [6, 6.07) is 0. The summed E-state index contributed by atoms with van der Waals surface area (Å²) < 4.78 is 0. The Labute approximate surface area is 47.1 Å². The number of carbonyl (C=O) groups is 1. The molecular weight excluding hydrogens is 106 g/mol. The molecule has 0 spiro atoms. The smallest absolute Gasteiger partial charge is 0.0872 e. The van der Waals surface area contributed by atoms with Crippen molar-refractivity contribution in [2.45, 2.75) is 0 Å². The molecule has 2 N–H and O–H groups in total. The Morgan fingerprint density at radius 1 is 1.75 bits per heavy atom. The number of nitrogens with two attached hydrogens (primary N) is 1. The van der Waals surface area contributed by atoms with Gasteiger partial charge in [0.25, 0.3) is 0 Å². The molecule has 0 saturated carbocycles. The monoisotopic (exact) mass is 112 g/mol. The molecule has 44 valence electrons. The number of rotatable bonds is 2. The van der Waals surface area contributed by atoms with Crippen LogP contribution >= 0.6 is 0 Å². The lowest BCUT2D eigenvalue weighted by atomic mass is 10.4. The Morgan fingerprint density at radius 2 is 2.25 bits per heavy atom. The molecule has 3 heteroatoms. The van der Waals surface area contributed by atoms with Gasteiger partial charge in [0.05, 0.1) is 11.7 Å². The van der Waals surface area contributed by atoms with Crippen LogP contribution in [0.2, 0.25) is 0 Å². The Kier molecular flexibility index (Phi) is 2.40. The molecule has 0 radical (unpaired) electrons. The Balaban J connectivity index is 3.99. The second-order valence-corrected chi connectivity index (χ2v) is 1.15. The van der Waals surface area contributed by atoms with Crippen LogP contribution < -0.4 is 10.8 Å². The van der Waals surface area contributed by atoms with E-state index in [1.54, 1.807) is 0 Å². The summed E-state index contributed by atoms with van der Waals surface area (Å²) in [5, 5.41) is 9.74. The summed E-state index contributed by atoms with van der Waals surface area (Å²) in [6.45, 7) is 3.24. The van der Waals surface area contributed by atoms with Crippen molar-refractivity contribution in [1.82, 2.24) is 0 Å². The van der Waals surface area contributed by atoms with Gasteiger partial charge in [0, 0.05) is 0 Å². The zero-order chi connectivity index (χ0) is 6.57. The first-order valence-electron chi connectivity index (χ1n) is 1.98. The zero-order valence-electron chi connectivity index (χ0n) is 4.26. The summed E-state index contributed by atoms with van der Waals surface area (Å²) in [5.41, 5.74) is 4.55. The summed E-state index contributed by atoms with van der Waals surface area (Å²) in [7, 11) is 0. The average molecular weight is 112 g/mol. The predicted octanol–water partition coefficient (Wildman–Crippen LogP) is -1.24. The summed E-state index contributed by atoms with van der Waals surface area (Å²) in [4.78, 5) is 9.74. The fraction of sp³-hybridized carbons (Fsp3) is 0. The van der Waals surface area contributed by atoms with Gasteiger partial charge in [0.1, 0.15) is 0 Å². The molecule has 0 atom stereocenters. The number of carboxylic acid groups (broad SMARTS) is 1. The standard InChI is InChI=1S/C5H7NO2/c1-2-3-4(6)5(7)8/h2-3H,1,6H2,(H,7,8)/p-1/b4-3+. The van der Waals surface area contributed by atoms with E-state index in [1.807, 2.05) is 0 Å². The van der Waals surface area contributed by atoms with Crippen molar-refractivity contribution in [3.8, 4) is 0 Å². The molecule has 0 aliphatic rings. The Hall–Kier alpha value is -1.25. The molecule has 0 saturated heterocycles. The van der Waals surface area contributed by atoms with Crippen molar-refractivity contribution in [3.05, 3.63) is 24.4 Å². The predicted molar refractivity (Wildman–Crippen MR) is 27.5 cm³/mol. The maximum Gasteiger partial charge on any atom is 0.0872 e. The lowest BCUT2D eigenvalue weighted by Crippen LogP contribution is -2.28. The number of aliphatic carboxylic acids is 1. The van der Waals surface area contributed by atoms with Crippen LogP contribution in [0, 0.1) is 0 Å². The second-order valence-electron chi connectivity index (χ2n) is 1.15. The number of hydrogen-bond acceptors (Lipinski definition) is 3. The molecule has 3 nitrogen and oxygen atoms in total. The molecule has 0 aromatic rings. The SMILES string of the molecule is C=C/C=C(/N)C(=O)[O-]. The van der Waals surface area contributed by atoms with Crippen LogP contribution in [0.1, 0.15) is 0 Å². The highest BCUT2D eigenvalue weighted by Gasteiger charge is 1.82. The van der Waals surface area contributed by atoms with E-state index in [2.05, 4.69) is 6.58 Å². The van der Waals surface area contributed by atoms with E-state index in [9.17, 15) is 9.90 Å². The molecule has 0 bridgehead atoms. The van der Waals surface area contributed by atoms with Gasteiger partial charge in [-0.1, -0.05) is 12.7 Å². The highest BCUT2D eigenvalue weighted by molar-refractivity contribution is 5.83. The van der Waals surface area contributed by atoms with Gasteiger partial charge in [-0.25, -0.2) is 0 Å². The van der Waals surface area contributed by atoms with E-state index in [4.69, 9.17) is 5.73 Å². The van der Waals surface area contributed by atoms with E-state index in [-0.39, 0.29) is 5.70 Å². The maximum atomic E-state index is 9.74. The van der Waals surface area contributed by atoms with Crippen molar-refractivity contribution in [1.29, 1.82) is 0 Å². The Bertz CT molecular complexity index is 137. The van der Waals surface area contributed by atoms with Crippen molar-refractivity contribution in [2.24, 2.45) is 5.73 Å². The van der Waals surface area contributed by atoms with E-state index in [1.165, 1.54) is 6.08 Å². The quantitative estimate of drug-likeness (QED) is 0.359. The molecule has 0 rings (SSSR count). The zero-order valence-corrected chi connectivity index (χ0v) is 4.26. The summed E-state index contributed by atoms with van der Waals surface area (Å²) >= 11 is 0. The number of carbonyl (C=O) groups excluding carboxylic acids is 1. The van der Waals surface area contributed by atoms with Crippen LogP contribution in [0.25, 0.3) is 0 Å². The largest absolute Gasteiger partial charge is 0.543 e. The van der Waals surface area contributed by atoms with Crippen LogP contribution in [0.3, 0.4) is 0 Å². The number of allylic oxidation sites excluding steroid dienone is 2. The van der Waals surface area contributed by atoms with E-state index >= 15 is 0 Å². The minimum atomic E-state index is -1.37. The van der Waals surface area contributed by atoms with Crippen LogP contribution in [0.5, 0.6) is 0 Å². The molecule has 0 amide bonds. The summed E-state index contributed by atoms with van der Waals surface area (Å²) in [6.07, 6.45) is 2.44. The molecule has 0 aromatic heterocycles. The van der Waals surface area contributed by atoms with Gasteiger partial charge in [-0.05, 0) is 6.08 Å². The lowest BCUT2D eigenvalue weighted by Gasteiger charge is -1.96. The lowest BCUT2D eigenvalue weighted by molar-refractivity contribution is -0.299. The molecule has 0 heterocycles. The fourth-order valence-corrected chi connectivity index (χ4v) is 0.195. The summed E-state index contributed by atoms with van der Waals surface area (Å²) in [5.74, 6) is -1.37. The molecule has 0 aliphatic heterocycles. The highest BCUT2D eigenvalue weighted by Crippen LogP contribution is 1.78. The van der Waals surface area contributed by atoms with E-state index in [0.717, 1.165) is 6.08 Å². The highest BCUT2D eigenvalue weighted by atomic mass is 16.4. The first-order chi connectivity index (χ1) is 3.68. The molecule has 0 aliphatic carbocycles. The molecular formula is C5H6NO2-. The molecule has 0 unspecified atom stereocenters. The molecule has 0 fully saturated rings. The maximum absolute atomic E-state index is 9.74. The third kappa shape index (κ3) is 2.02. The van der Waals surface area contributed by atoms with Crippen molar-refractivity contribution >= 4 is 5.97 Å². The minimum Gasteiger partial charge on any atom is -0.543 e. The number of carboxylic acids is 1. The first-order valence-corrected chi connectivity index (χ1v) is 1.98. The van der Waals surface area contributed by atoms with Gasteiger partial charge < -0.3 is 15.6 Å². The van der Waals surface area contributed by atoms with Crippen LogP contribution in [-0.2, 0) is 4.79 Å².